The number of fused-ring (bicyclic) bond motifs is 3. The second kappa shape index (κ2) is 7.72. The third kappa shape index (κ3) is 3.55. The Balaban J connectivity index is 1.87. The molecule has 0 spiro atoms. The van der Waals surface area contributed by atoms with Crippen molar-refractivity contribution in [2.75, 3.05) is 21.3 Å². The summed E-state index contributed by atoms with van der Waals surface area (Å²) in [6, 6.07) is 16.7. The number of benzene rings is 3. The zero-order valence-electron chi connectivity index (χ0n) is 16.4. The minimum absolute atomic E-state index is 0.407. The maximum atomic E-state index is 12.2. The van der Waals surface area contributed by atoms with Crippen LogP contribution in [0.3, 0.4) is 0 Å². The molecule has 0 amide bonds. The van der Waals surface area contributed by atoms with E-state index in [0.29, 0.717) is 17.1 Å². The fourth-order valence-electron chi connectivity index (χ4n) is 3.40. The van der Waals surface area contributed by atoms with Gasteiger partial charge in [0.2, 0.25) is 0 Å². The summed E-state index contributed by atoms with van der Waals surface area (Å²) in [4.78, 5) is 12.2. The van der Waals surface area contributed by atoms with E-state index < -0.39 is 5.63 Å². The van der Waals surface area contributed by atoms with E-state index in [0.717, 1.165) is 33.0 Å². The smallest absolute Gasteiger partial charge is 0.336 e. The maximum Gasteiger partial charge on any atom is 0.336 e. The van der Waals surface area contributed by atoms with E-state index in [1.54, 1.807) is 21.3 Å². The van der Waals surface area contributed by atoms with Crippen molar-refractivity contribution < 1.29 is 18.6 Å². The highest BCUT2D eigenvalue weighted by atomic mass is 16.5. The van der Waals surface area contributed by atoms with Crippen LogP contribution in [0.1, 0.15) is 11.1 Å². The first-order valence-corrected chi connectivity index (χ1v) is 9.07. The molecule has 3 aromatic carbocycles. The average Bonchev–Trinajstić information content (AvgIpc) is 2.76. The first-order valence-electron chi connectivity index (χ1n) is 9.07. The zero-order chi connectivity index (χ0) is 20.4. The van der Waals surface area contributed by atoms with Crippen LogP contribution < -0.4 is 19.8 Å². The SMILES string of the molecule is COc1cc(/C=C/c2cc(=O)oc3c2ccc2c(OC)cccc23)cc(OC)c1. The van der Waals surface area contributed by atoms with Crippen LogP contribution in [0.2, 0.25) is 0 Å². The fourth-order valence-corrected chi connectivity index (χ4v) is 3.40. The van der Waals surface area contributed by atoms with Crippen molar-refractivity contribution in [3.05, 3.63) is 76.1 Å². The van der Waals surface area contributed by atoms with Crippen LogP contribution in [0.15, 0.2) is 63.8 Å². The van der Waals surface area contributed by atoms with Gasteiger partial charge in [-0.05, 0) is 41.5 Å². The number of methoxy groups -OCH3 is 3. The van der Waals surface area contributed by atoms with Gasteiger partial charge in [-0.1, -0.05) is 24.3 Å². The molecule has 4 aromatic rings. The molecule has 5 heteroatoms. The Hall–Kier alpha value is -3.73. The van der Waals surface area contributed by atoms with E-state index in [-0.39, 0.29) is 0 Å². The molecule has 146 valence electrons. The summed E-state index contributed by atoms with van der Waals surface area (Å²) < 4.78 is 21.6. The average molecular weight is 388 g/mol. The van der Waals surface area contributed by atoms with Crippen LogP contribution in [-0.4, -0.2) is 21.3 Å². The monoisotopic (exact) mass is 388 g/mol. The first kappa shape index (κ1) is 18.6. The van der Waals surface area contributed by atoms with Crippen molar-refractivity contribution in [3.63, 3.8) is 0 Å². The number of rotatable bonds is 5. The predicted octanol–water partition coefficient (Wildman–Crippen LogP) is 5.14. The third-order valence-corrected chi connectivity index (χ3v) is 4.81. The summed E-state index contributed by atoms with van der Waals surface area (Å²) in [7, 11) is 4.84. The summed E-state index contributed by atoms with van der Waals surface area (Å²) in [6.45, 7) is 0. The van der Waals surface area contributed by atoms with Gasteiger partial charge in [-0.25, -0.2) is 4.79 Å². The topological polar surface area (TPSA) is 57.9 Å². The van der Waals surface area contributed by atoms with Gasteiger partial charge in [-0.2, -0.15) is 0 Å². The molecule has 0 unspecified atom stereocenters. The molecule has 0 N–H and O–H groups in total. The summed E-state index contributed by atoms with van der Waals surface area (Å²) in [6.07, 6.45) is 3.80. The van der Waals surface area contributed by atoms with E-state index in [9.17, 15) is 4.79 Å². The quantitative estimate of drug-likeness (QED) is 0.350. The van der Waals surface area contributed by atoms with Crippen molar-refractivity contribution in [1.82, 2.24) is 0 Å². The van der Waals surface area contributed by atoms with Crippen LogP contribution >= 0.6 is 0 Å². The molecule has 0 radical (unpaired) electrons. The molecule has 29 heavy (non-hydrogen) atoms. The lowest BCUT2D eigenvalue weighted by atomic mass is 10.0. The van der Waals surface area contributed by atoms with E-state index in [4.69, 9.17) is 18.6 Å². The van der Waals surface area contributed by atoms with Gasteiger partial charge >= 0.3 is 5.63 Å². The van der Waals surface area contributed by atoms with Crippen LogP contribution in [0.4, 0.5) is 0 Å². The van der Waals surface area contributed by atoms with Crippen molar-refractivity contribution in [2.45, 2.75) is 0 Å². The van der Waals surface area contributed by atoms with Crippen LogP contribution in [0.5, 0.6) is 17.2 Å². The summed E-state index contributed by atoms with van der Waals surface area (Å²) in [5.74, 6) is 2.12. The summed E-state index contributed by atoms with van der Waals surface area (Å²) >= 11 is 0. The second-order valence-electron chi connectivity index (χ2n) is 6.50. The van der Waals surface area contributed by atoms with Crippen molar-refractivity contribution in [2.24, 2.45) is 0 Å². The number of hydrogen-bond donors (Lipinski definition) is 0. The van der Waals surface area contributed by atoms with Gasteiger partial charge in [0.25, 0.3) is 0 Å². The van der Waals surface area contributed by atoms with Crippen LogP contribution in [0.25, 0.3) is 33.9 Å². The van der Waals surface area contributed by atoms with Gasteiger partial charge in [-0.15, -0.1) is 0 Å². The molecule has 0 bridgehead atoms. The molecule has 0 atom stereocenters. The Kier molecular flexibility index (Phi) is 4.96. The van der Waals surface area contributed by atoms with E-state index in [2.05, 4.69) is 0 Å². The molecule has 1 aromatic heterocycles. The third-order valence-electron chi connectivity index (χ3n) is 4.81. The first-order chi connectivity index (χ1) is 14.1. The Labute approximate surface area is 167 Å². The molecule has 0 fully saturated rings. The molecule has 0 saturated carbocycles. The second-order valence-corrected chi connectivity index (χ2v) is 6.50. The molecule has 0 aliphatic rings. The molecule has 5 nitrogen and oxygen atoms in total. The van der Waals surface area contributed by atoms with E-state index >= 15 is 0 Å². The van der Waals surface area contributed by atoms with Crippen LogP contribution in [0, 0.1) is 0 Å². The molecule has 0 aliphatic heterocycles. The fraction of sp³-hybridized carbons (Fsp3) is 0.125. The van der Waals surface area contributed by atoms with E-state index in [1.165, 1.54) is 6.07 Å². The Morgan fingerprint density at radius 3 is 2.17 bits per heavy atom. The minimum atomic E-state index is -0.407. The predicted molar refractivity (Wildman–Crippen MR) is 115 cm³/mol. The van der Waals surface area contributed by atoms with Crippen molar-refractivity contribution in [1.29, 1.82) is 0 Å². The highest BCUT2D eigenvalue weighted by molar-refractivity contribution is 6.08. The maximum absolute atomic E-state index is 12.2. The standard InChI is InChI=1S/C24H20O5/c1-26-17-11-15(12-18(14-17)27-2)7-8-16-13-23(25)29-24-19(16)9-10-20-21(24)5-4-6-22(20)28-3/h4-14H,1-3H3/b8-7+. The number of ether oxygens (including phenoxy) is 3. The Bertz CT molecular complexity index is 1260. The molecular formula is C24H20O5. The van der Waals surface area contributed by atoms with Gasteiger partial charge in [0.15, 0.2) is 0 Å². The molecule has 1 heterocycles. The Morgan fingerprint density at radius 1 is 0.759 bits per heavy atom. The highest BCUT2D eigenvalue weighted by Gasteiger charge is 2.10. The van der Waals surface area contributed by atoms with Gasteiger partial charge in [0.1, 0.15) is 22.8 Å². The van der Waals surface area contributed by atoms with Gasteiger partial charge in [0.05, 0.1) is 21.3 Å². The van der Waals surface area contributed by atoms with Crippen molar-refractivity contribution in [3.8, 4) is 17.2 Å². The van der Waals surface area contributed by atoms with Crippen LogP contribution in [-0.2, 0) is 0 Å². The summed E-state index contributed by atoms with van der Waals surface area (Å²) in [5, 5.41) is 2.57. The normalized spacial score (nSPS) is 11.3. The molecule has 0 saturated heterocycles. The lowest BCUT2D eigenvalue weighted by Gasteiger charge is -2.09. The minimum Gasteiger partial charge on any atom is -0.497 e. The lowest BCUT2D eigenvalue weighted by Crippen LogP contribution is -1.98. The van der Waals surface area contributed by atoms with Gasteiger partial charge in [-0.3, -0.25) is 0 Å². The summed E-state index contributed by atoms with van der Waals surface area (Å²) in [5.41, 5.74) is 1.79. The molecule has 0 aliphatic carbocycles. The van der Waals surface area contributed by atoms with Gasteiger partial charge in [0, 0.05) is 28.3 Å². The molecule has 4 rings (SSSR count). The Morgan fingerprint density at radius 2 is 1.48 bits per heavy atom. The highest BCUT2D eigenvalue weighted by Crippen LogP contribution is 2.33. The van der Waals surface area contributed by atoms with Gasteiger partial charge < -0.3 is 18.6 Å². The van der Waals surface area contributed by atoms with E-state index in [1.807, 2.05) is 60.7 Å². The van der Waals surface area contributed by atoms with Crippen molar-refractivity contribution >= 4 is 33.9 Å². The number of hydrogen-bond acceptors (Lipinski definition) is 5. The zero-order valence-corrected chi connectivity index (χ0v) is 16.4. The lowest BCUT2D eigenvalue weighted by molar-refractivity contribution is 0.394. The molecular weight excluding hydrogens is 368 g/mol. The largest absolute Gasteiger partial charge is 0.497 e.